The van der Waals surface area contributed by atoms with E-state index in [1.54, 1.807) is 12.1 Å². The third-order valence-electron chi connectivity index (χ3n) is 3.24. The quantitative estimate of drug-likeness (QED) is 0.476. The minimum Gasteiger partial charge on any atom is -0.468 e. The number of hydrogen-bond acceptors (Lipinski definition) is 4. The van der Waals surface area contributed by atoms with E-state index in [1.165, 1.54) is 12.0 Å². The summed E-state index contributed by atoms with van der Waals surface area (Å²) in [6.07, 6.45) is 0.790. The fourth-order valence-corrected chi connectivity index (χ4v) is 2.59. The molecule has 1 aromatic rings. The molecule has 106 valence electrons. The first kappa shape index (κ1) is 14.7. The Hall–Kier alpha value is -1.69. The van der Waals surface area contributed by atoms with E-state index in [-0.39, 0.29) is 6.54 Å². The summed E-state index contributed by atoms with van der Waals surface area (Å²) in [5.41, 5.74) is 1.94. The van der Waals surface area contributed by atoms with Crippen LogP contribution in [-0.2, 0) is 20.7 Å². The van der Waals surface area contributed by atoms with Gasteiger partial charge in [0, 0.05) is 6.54 Å². The summed E-state index contributed by atoms with van der Waals surface area (Å²) in [6, 6.07) is 5.35. The topological polar surface area (TPSA) is 63.7 Å². The minimum atomic E-state index is -0.666. The lowest BCUT2D eigenvalue weighted by Crippen LogP contribution is -2.37. The van der Waals surface area contributed by atoms with Crippen molar-refractivity contribution in [3.8, 4) is 0 Å². The van der Waals surface area contributed by atoms with Crippen molar-refractivity contribution in [1.82, 2.24) is 0 Å². The first-order chi connectivity index (χ1) is 9.49. The minimum absolute atomic E-state index is 0.0652. The van der Waals surface area contributed by atoms with Crippen molar-refractivity contribution in [3.05, 3.63) is 29.3 Å². The molecule has 1 aliphatic rings. The van der Waals surface area contributed by atoms with Crippen molar-refractivity contribution in [1.29, 1.82) is 0 Å². The van der Waals surface area contributed by atoms with E-state index in [1.807, 2.05) is 13.0 Å². The summed E-state index contributed by atoms with van der Waals surface area (Å²) in [4.78, 5) is 36.0. The molecule has 5 nitrogen and oxygen atoms in total. The predicted octanol–water partition coefficient (Wildman–Crippen LogP) is 1.71. The number of Topliss-reactive ketones (excluding diaryl/α,β-unsaturated/α-hetero) is 1. The predicted molar refractivity (Wildman–Crippen MR) is 77.2 cm³/mol. The Morgan fingerprint density at radius 3 is 2.70 bits per heavy atom. The van der Waals surface area contributed by atoms with Gasteiger partial charge in [-0.2, -0.15) is 0 Å². The van der Waals surface area contributed by atoms with E-state index in [2.05, 4.69) is 20.7 Å². The van der Waals surface area contributed by atoms with E-state index < -0.39 is 22.5 Å². The lowest BCUT2D eigenvalue weighted by atomic mass is 10.1. The first-order valence-corrected chi connectivity index (χ1v) is 7.12. The Bertz CT molecular complexity index is 585. The molecule has 0 bridgehead atoms. The average molecular weight is 340 g/mol. The zero-order valence-electron chi connectivity index (χ0n) is 11.2. The normalized spacial score (nSPS) is 15.2. The zero-order chi connectivity index (χ0) is 14.9. The second-order valence-corrected chi connectivity index (χ2v) is 5.55. The number of hydrogen-bond donors (Lipinski definition) is 0. The monoisotopic (exact) mass is 339 g/mol. The molecule has 1 aromatic carbocycles. The zero-order valence-corrected chi connectivity index (χ0v) is 12.8. The molecular formula is C14H14BrNO4. The van der Waals surface area contributed by atoms with Gasteiger partial charge in [0.05, 0.1) is 18.4 Å². The van der Waals surface area contributed by atoms with Crippen molar-refractivity contribution >= 4 is 39.3 Å². The van der Waals surface area contributed by atoms with Crippen LogP contribution in [0, 0.1) is 0 Å². The van der Waals surface area contributed by atoms with Gasteiger partial charge in [0.25, 0.3) is 11.7 Å². The lowest BCUT2D eigenvalue weighted by Gasteiger charge is -2.19. The Morgan fingerprint density at radius 2 is 2.10 bits per heavy atom. The van der Waals surface area contributed by atoms with Crippen molar-refractivity contribution in [2.75, 3.05) is 18.6 Å². The van der Waals surface area contributed by atoms with E-state index in [9.17, 15) is 14.4 Å². The average Bonchev–Trinajstić information content (AvgIpc) is 2.70. The summed E-state index contributed by atoms with van der Waals surface area (Å²) in [6.45, 7) is 2.04. The summed E-state index contributed by atoms with van der Waals surface area (Å²) < 4.78 is 4.60. The molecule has 6 heteroatoms. The number of alkyl halides is 1. The molecule has 20 heavy (non-hydrogen) atoms. The number of methoxy groups -OCH3 is 1. The highest BCUT2D eigenvalue weighted by Gasteiger charge is 2.37. The van der Waals surface area contributed by atoms with Crippen molar-refractivity contribution in [2.45, 2.75) is 18.2 Å². The van der Waals surface area contributed by atoms with Crippen molar-refractivity contribution in [3.63, 3.8) is 0 Å². The van der Waals surface area contributed by atoms with Crippen LogP contribution >= 0.6 is 15.9 Å². The smallest absolute Gasteiger partial charge is 0.321 e. The molecule has 1 aliphatic heterocycles. The fraction of sp³-hybridized carbons (Fsp3) is 0.357. The van der Waals surface area contributed by atoms with Gasteiger partial charge in [0.2, 0.25) is 0 Å². The lowest BCUT2D eigenvalue weighted by molar-refractivity contribution is -0.139. The van der Waals surface area contributed by atoms with Crippen LogP contribution in [0.5, 0.6) is 0 Å². The Balaban J connectivity index is 2.31. The number of amides is 1. The number of aryl methyl sites for hydroxylation is 1. The van der Waals surface area contributed by atoms with Crippen LogP contribution in [0.4, 0.5) is 5.69 Å². The standard InChI is InChI=1S/C14H14BrNO4/c1-3-8-4-5-11-9(6-8)12(17)13(18)16(11)7-10(15)14(19)20-2/h4-6,10H,3,7H2,1-2H3. The first-order valence-electron chi connectivity index (χ1n) is 6.20. The van der Waals surface area contributed by atoms with Gasteiger partial charge in [-0.3, -0.25) is 14.4 Å². The van der Waals surface area contributed by atoms with Crippen LogP contribution in [0.3, 0.4) is 0 Å². The van der Waals surface area contributed by atoms with Gasteiger partial charge in [-0.05, 0) is 24.1 Å². The molecule has 1 heterocycles. The van der Waals surface area contributed by atoms with E-state index in [0.29, 0.717) is 11.3 Å². The van der Waals surface area contributed by atoms with Gasteiger partial charge in [0.15, 0.2) is 0 Å². The number of fused-ring (bicyclic) bond motifs is 1. The Kier molecular flexibility index (Phi) is 4.23. The van der Waals surface area contributed by atoms with Crippen molar-refractivity contribution < 1.29 is 19.1 Å². The maximum absolute atomic E-state index is 12.0. The maximum atomic E-state index is 12.0. The third kappa shape index (κ3) is 2.47. The number of ketones is 1. The molecule has 2 rings (SSSR count). The number of nitrogens with zero attached hydrogens (tertiary/aromatic N) is 1. The molecule has 0 saturated heterocycles. The van der Waals surface area contributed by atoms with Crippen LogP contribution in [0.15, 0.2) is 18.2 Å². The highest BCUT2D eigenvalue weighted by molar-refractivity contribution is 9.10. The fourth-order valence-electron chi connectivity index (χ4n) is 2.11. The number of benzene rings is 1. The summed E-state index contributed by atoms with van der Waals surface area (Å²) in [5, 5.41) is 0. The SMILES string of the molecule is CCc1ccc2c(c1)C(=O)C(=O)N2CC(Br)C(=O)OC. The number of esters is 1. The van der Waals surface area contributed by atoms with E-state index >= 15 is 0 Å². The number of ether oxygens (including phenoxy) is 1. The highest BCUT2D eigenvalue weighted by Crippen LogP contribution is 2.30. The molecule has 0 fully saturated rings. The molecule has 0 aromatic heterocycles. The summed E-state index contributed by atoms with van der Waals surface area (Å²) in [5.74, 6) is -1.62. The highest BCUT2D eigenvalue weighted by atomic mass is 79.9. The molecule has 0 radical (unpaired) electrons. The van der Waals surface area contributed by atoms with Crippen LogP contribution < -0.4 is 4.90 Å². The van der Waals surface area contributed by atoms with Gasteiger partial charge >= 0.3 is 5.97 Å². The van der Waals surface area contributed by atoms with Crippen LogP contribution in [0.2, 0.25) is 0 Å². The summed E-state index contributed by atoms with van der Waals surface area (Å²) >= 11 is 3.16. The van der Waals surface area contributed by atoms with E-state index in [0.717, 1.165) is 12.0 Å². The van der Waals surface area contributed by atoms with Crippen LogP contribution in [0.1, 0.15) is 22.8 Å². The molecule has 0 spiro atoms. The van der Waals surface area contributed by atoms with Crippen LogP contribution in [0.25, 0.3) is 0 Å². The number of rotatable bonds is 4. The number of carbonyl (C=O) groups is 3. The largest absolute Gasteiger partial charge is 0.468 e. The van der Waals surface area contributed by atoms with Gasteiger partial charge in [-0.1, -0.05) is 28.9 Å². The van der Waals surface area contributed by atoms with Gasteiger partial charge in [-0.15, -0.1) is 0 Å². The second kappa shape index (κ2) is 5.75. The van der Waals surface area contributed by atoms with Crippen molar-refractivity contribution in [2.24, 2.45) is 0 Å². The van der Waals surface area contributed by atoms with Gasteiger partial charge < -0.3 is 9.64 Å². The molecule has 1 unspecified atom stereocenters. The number of anilines is 1. The van der Waals surface area contributed by atoms with E-state index in [4.69, 9.17) is 0 Å². The molecule has 0 aliphatic carbocycles. The molecular weight excluding hydrogens is 326 g/mol. The Labute approximate surface area is 125 Å². The number of halogens is 1. The Morgan fingerprint density at radius 1 is 1.40 bits per heavy atom. The third-order valence-corrected chi connectivity index (χ3v) is 3.91. The molecule has 0 saturated carbocycles. The maximum Gasteiger partial charge on any atom is 0.321 e. The second-order valence-electron chi connectivity index (χ2n) is 4.44. The van der Waals surface area contributed by atoms with Gasteiger partial charge in [0.1, 0.15) is 4.83 Å². The summed E-state index contributed by atoms with van der Waals surface area (Å²) in [7, 11) is 1.27. The van der Waals surface area contributed by atoms with Gasteiger partial charge in [-0.25, -0.2) is 0 Å². The molecule has 1 amide bonds. The number of carbonyl (C=O) groups excluding carboxylic acids is 3. The molecule has 1 atom stereocenters. The van der Waals surface area contributed by atoms with Crippen LogP contribution in [-0.4, -0.2) is 36.1 Å². The molecule has 0 N–H and O–H groups in total.